The summed E-state index contributed by atoms with van der Waals surface area (Å²) >= 11 is 3.03. The molecule has 2 aromatic heterocycles. The zero-order valence-corrected chi connectivity index (χ0v) is 14.1. The second kappa shape index (κ2) is 10.2. The van der Waals surface area contributed by atoms with Crippen molar-refractivity contribution in [1.29, 1.82) is 0 Å². The fraction of sp³-hybridized carbons (Fsp3) is 0. The molecule has 2 rings (SSSR count). The maximum absolute atomic E-state index is 13.3. The van der Waals surface area contributed by atoms with Gasteiger partial charge in [-0.3, -0.25) is 0 Å². The van der Waals surface area contributed by atoms with E-state index in [1.807, 2.05) is 0 Å². The van der Waals surface area contributed by atoms with Crippen molar-refractivity contribution < 1.29 is 40.2 Å². The van der Waals surface area contributed by atoms with Gasteiger partial charge in [0.05, 0.1) is 15.5 Å². The Morgan fingerprint density at radius 1 is 1.29 bits per heavy atom. The summed E-state index contributed by atoms with van der Waals surface area (Å²) in [5.41, 5.74) is 6.35. The Kier molecular flexibility index (Phi) is 15.5. The van der Waals surface area contributed by atoms with Crippen LogP contribution in [0.5, 0.6) is 0 Å². The van der Waals surface area contributed by atoms with E-state index in [0.29, 0.717) is 21.2 Å². The van der Waals surface area contributed by atoms with Crippen LogP contribution in [0.2, 0.25) is 0 Å². The third-order valence-electron chi connectivity index (χ3n) is 1.63. The summed E-state index contributed by atoms with van der Waals surface area (Å²) < 4.78 is 13.6. The fourth-order valence-electron chi connectivity index (χ4n) is 1.06. The Morgan fingerprint density at radius 2 is 1.82 bits per heavy atom. The number of nitrogens with zero attached hydrogens (tertiary/aromatic N) is 1. The number of nitrogen functional groups attached to an aromatic ring is 1. The number of nitrogens with one attached hydrogen (secondary N) is 1. The van der Waals surface area contributed by atoms with Gasteiger partial charge in [0, 0.05) is 12.4 Å². The number of hydrogen-bond acceptors (Lipinski definition) is 2. The van der Waals surface area contributed by atoms with Crippen molar-refractivity contribution in [2.24, 2.45) is 0 Å². The zero-order chi connectivity index (χ0) is 8.72. The van der Waals surface area contributed by atoms with Gasteiger partial charge in [0.25, 0.3) is 0 Å². The standard InChI is InChI=1S/C7H5BrFN3.2ClH.2H2O.Sn/c8-3-1-11-7-5(6(3)9)4(10)2-12-7;;;;;/h1-2H,10H2,(H,11,12);2*1H;2*1H2;/q;;;;;+2/p-2. The van der Waals surface area contributed by atoms with Crippen LogP contribution >= 0.6 is 15.9 Å². The molecule has 2 radical (unpaired) electrons. The molecule has 0 spiro atoms. The number of H-pyrrole nitrogens is 1. The van der Waals surface area contributed by atoms with E-state index in [4.69, 9.17) is 5.73 Å². The van der Waals surface area contributed by atoms with E-state index in [1.54, 1.807) is 0 Å². The van der Waals surface area contributed by atoms with Crippen LogP contribution in [0.15, 0.2) is 16.9 Å². The number of anilines is 1. The molecule has 0 amide bonds. The molecule has 0 unspecified atom stereocenters. The summed E-state index contributed by atoms with van der Waals surface area (Å²) in [5, 5.41) is 0.337. The van der Waals surface area contributed by atoms with E-state index in [1.165, 1.54) is 12.4 Å². The minimum atomic E-state index is -0.376. The van der Waals surface area contributed by atoms with E-state index in [2.05, 4.69) is 25.9 Å². The molecule has 96 valence electrons. The van der Waals surface area contributed by atoms with Crippen LogP contribution < -0.4 is 30.5 Å². The zero-order valence-electron chi connectivity index (χ0n) is 8.19. The predicted octanol–water partition coefficient (Wildman–Crippen LogP) is -5.98. The molecule has 7 N–H and O–H groups in total. The number of rotatable bonds is 0. The second-order valence-corrected chi connectivity index (χ2v) is 3.24. The number of hydrogen-bond donors (Lipinski definition) is 2. The van der Waals surface area contributed by atoms with Crippen LogP contribution in [0.1, 0.15) is 0 Å². The monoisotopic (exact) mass is 455 g/mol. The van der Waals surface area contributed by atoms with Crippen molar-refractivity contribution in [2.45, 2.75) is 0 Å². The van der Waals surface area contributed by atoms with Gasteiger partial charge in [-0.15, -0.1) is 0 Å². The Hall–Kier alpha value is 0.199. The van der Waals surface area contributed by atoms with E-state index in [-0.39, 0.29) is 65.5 Å². The molecule has 5 nitrogen and oxygen atoms in total. The first-order valence-electron chi connectivity index (χ1n) is 3.26. The average Bonchev–Trinajstić information content (AvgIpc) is 2.41. The quantitative estimate of drug-likeness (QED) is 0.385. The fourth-order valence-corrected chi connectivity index (χ4v) is 1.36. The van der Waals surface area contributed by atoms with Crippen LogP contribution in [0.4, 0.5) is 10.1 Å². The number of halogens is 4. The third kappa shape index (κ3) is 4.76. The maximum Gasteiger partial charge on any atom is 2.00 e. The summed E-state index contributed by atoms with van der Waals surface area (Å²) in [6.07, 6.45) is 2.92. The van der Waals surface area contributed by atoms with Crippen molar-refractivity contribution in [1.82, 2.24) is 9.97 Å². The van der Waals surface area contributed by atoms with Gasteiger partial charge in [-0.1, -0.05) is 0 Å². The van der Waals surface area contributed by atoms with Crippen molar-refractivity contribution in [2.75, 3.05) is 5.73 Å². The summed E-state index contributed by atoms with van der Waals surface area (Å²) in [6, 6.07) is 0. The molecule has 0 aliphatic carbocycles. The molecule has 0 bridgehead atoms. The molecule has 17 heavy (non-hydrogen) atoms. The maximum atomic E-state index is 13.3. The van der Waals surface area contributed by atoms with Crippen molar-refractivity contribution in [3.8, 4) is 0 Å². The van der Waals surface area contributed by atoms with Gasteiger partial charge in [-0.25, -0.2) is 9.37 Å². The first-order valence-corrected chi connectivity index (χ1v) is 4.06. The summed E-state index contributed by atoms with van der Waals surface area (Å²) in [6.45, 7) is 0. The van der Waals surface area contributed by atoms with Gasteiger partial charge in [-0.05, 0) is 15.9 Å². The number of aromatic amines is 1. The van der Waals surface area contributed by atoms with E-state index in [9.17, 15) is 4.39 Å². The predicted molar refractivity (Wildman–Crippen MR) is 61.1 cm³/mol. The Morgan fingerprint density at radius 3 is 2.35 bits per heavy atom. The SMILES string of the molecule is Nc1c[nH]c2ncc(Br)c(F)c12.O.O.[Cl-].[Cl-].[Sn+2]. The average molecular weight is 456 g/mol. The van der Waals surface area contributed by atoms with Crippen LogP contribution in [-0.4, -0.2) is 44.8 Å². The topological polar surface area (TPSA) is 118 Å². The molecule has 0 atom stereocenters. The van der Waals surface area contributed by atoms with Crippen molar-refractivity contribution in [3.05, 3.63) is 22.7 Å². The number of pyridine rings is 1. The molecule has 0 aromatic carbocycles. The molecule has 2 aromatic rings. The minimum absolute atomic E-state index is 0. The molecule has 0 saturated carbocycles. The van der Waals surface area contributed by atoms with Crippen LogP contribution in [-0.2, 0) is 0 Å². The Labute approximate surface area is 134 Å². The van der Waals surface area contributed by atoms with Gasteiger partial charge in [-0.2, -0.15) is 0 Å². The van der Waals surface area contributed by atoms with Crippen LogP contribution in [0.25, 0.3) is 11.0 Å². The first kappa shape index (κ1) is 25.9. The van der Waals surface area contributed by atoms with Gasteiger partial charge >= 0.3 is 23.9 Å². The van der Waals surface area contributed by atoms with Crippen molar-refractivity contribution in [3.63, 3.8) is 0 Å². The molecule has 2 heterocycles. The largest absolute Gasteiger partial charge is 2.00 e. The molecular weight excluding hydrogens is 447 g/mol. The molecule has 0 fully saturated rings. The van der Waals surface area contributed by atoms with Gasteiger partial charge in [0.1, 0.15) is 5.65 Å². The second-order valence-electron chi connectivity index (χ2n) is 2.39. The first-order chi connectivity index (χ1) is 5.70. The van der Waals surface area contributed by atoms with Gasteiger partial charge in [0.15, 0.2) is 5.82 Å². The van der Waals surface area contributed by atoms with Gasteiger partial charge < -0.3 is 46.5 Å². The number of fused-ring (bicyclic) bond motifs is 1. The molecule has 10 heteroatoms. The molecule has 0 aliphatic heterocycles. The molecule has 0 aliphatic rings. The smallest absolute Gasteiger partial charge is 1.00 e. The van der Waals surface area contributed by atoms with Crippen molar-refractivity contribution >= 4 is 56.6 Å². The number of nitrogens with two attached hydrogens (primary N) is 1. The van der Waals surface area contributed by atoms with Crippen LogP contribution in [0.3, 0.4) is 0 Å². The van der Waals surface area contributed by atoms with E-state index >= 15 is 0 Å². The summed E-state index contributed by atoms with van der Waals surface area (Å²) in [5.74, 6) is -0.376. The Balaban J connectivity index is -0.000000169. The van der Waals surface area contributed by atoms with E-state index in [0.717, 1.165) is 0 Å². The van der Waals surface area contributed by atoms with E-state index < -0.39 is 0 Å². The minimum Gasteiger partial charge on any atom is -1.00 e. The third-order valence-corrected chi connectivity index (χ3v) is 2.18. The molecular formula is C7H9BrCl2FN3O2Sn. The number of aromatic nitrogens is 2. The van der Waals surface area contributed by atoms with Gasteiger partial charge in [0.2, 0.25) is 0 Å². The normalized spacial score (nSPS) is 7.65. The molecule has 0 saturated heterocycles. The Bertz CT molecular complexity index is 460. The summed E-state index contributed by atoms with van der Waals surface area (Å²) in [4.78, 5) is 6.70. The van der Waals surface area contributed by atoms with Crippen LogP contribution in [0, 0.1) is 5.82 Å². The summed E-state index contributed by atoms with van der Waals surface area (Å²) in [7, 11) is 0.